The zero-order chi connectivity index (χ0) is 12.0. The molecule has 0 bridgehead atoms. The van der Waals surface area contributed by atoms with E-state index in [1.54, 1.807) is 25.3 Å². The molecule has 1 rings (SSSR count). The molecule has 1 unspecified atom stereocenters. The van der Waals surface area contributed by atoms with Crippen LogP contribution in [0.4, 0.5) is 0 Å². The first-order chi connectivity index (χ1) is 7.65. The Hall–Kier alpha value is -1.34. The summed E-state index contributed by atoms with van der Waals surface area (Å²) in [5.74, 6) is 0.0469. The molecule has 3 nitrogen and oxygen atoms in total. The smallest absolute Gasteiger partial charge is 0.223 e. The highest BCUT2D eigenvalue weighted by Gasteiger charge is 2.14. The van der Waals surface area contributed by atoms with Crippen LogP contribution < -0.4 is 0 Å². The monoisotopic (exact) mass is 236 g/mol. The van der Waals surface area contributed by atoms with Gasteiger partial charge in [-0.1, -0.05) is 6.07 Å². The Balaban J connectivity index is 2.28. The van der Waals surface area contributed by atoms with Crippen molar-refractivity contribution in [1.82, 2.24) is 4.90 Å². The average molecular weight is 236 g/mol. The molecule has 0 aliphatic rings. The van der Waals surface area contributed by atoms with E-state index in [0.29, 0.717) is 6.42 Å². The minimum Gasteiger partial charge on any atom is -0.330 e. The molecule has 0 aromatic carbocycles. The van der Waals surface area contributed by atoms with Crippen LogP contribution in [0.1, 0.15) is 24.6 Å². The maximum absolute atomic E-state index is 11.7. The van der Waals surface area contributed by atoms with E-state index in [1.807, 2.05) is 11.4 Å². The Morgan fingerprint density at radius 3 is 3.00 bits per heavy atom. The predicted molar refractivity (Wildman–Crippen MR) is 65.1 cm³/mol. The van der Waals surface area contributed by atoms with E-state index in [2.05, 4.69) is 12.1 Å². The quantitative estimate of drug-likeness (QED) is 0.788. The molecule has 0 saturated carbocycles. The van der Waals surface area contributed by atoms with Crippen LogP contribution in [-0.4, -0.2) is 23.9 Å². The summed E-state index contributed by atoms with van der Waals surface area (Å²) in [6.07, 6.45) is 2.31. The molecule has 0 N–H and O–H groups in total. The number of nitriles is 1. The normalized spacial score (nSPS) is 11.8. The molecule has 1 heterocycles. The lowest BCUT2D eigenvalue weighted by Crippen LogP contribution is -2.33. The molecule has 1 aromatic rings. The fourth-order valence-corrected chi connectivity index (χ4v) is 2.10. The summed E-state index contributed by atoms with van der Waals surface area (Å²) in [5.41, 5.74) is 0. The van der Waals surface area contributed by atoms with Crippen molar-refractivity contribution in [3.05, 3.63) is 22.4 Å². The van der Waals surface area contributed by atoms with Crippen LogP contribution in [0.15, 0.2) is 17.5 Å². The van der Waals surface area contributed by atoms with Crippen molar-refractivity contribution in [2.24, 2.45) is 0 Å². The molecule has 0 saturated heterocycles. The van der Waals surface area contributed by atoms with Crippen molar-refractivity contribution in [2.75, 3.05) is 7.05 Å². The van der Waals surface area contributed by atoms with Crippen molar-refractivity contribution in [1.29, 1.82) is 5.26 Å². The predicted octanol–water partition coefficient (Wildman–Crippen LogP) is 2.44. The Labute approximate surface area is 100 Å². The third-order valence-electron chi connectivity index (χ3n) is 2.56. The van der Waals surface area contributed by atoms with Crippen LogP contribution in [0.25, 0.3) is 0 Å². The number of carbonyl (C=O) groups excluding carboxylic acids is 1. The van der Waals surface area contributed by atoms with E-state index in [0.717, 1.165) is 12.8 Å². The molecule has 16 heavy (non-hydrogen) atoms. The van der Waals surface area contributed by atoms with Gasteiger partial charge in [-0.15, -0.1) is 11.3 Å². The lowest BCUT2D eigenvalue weighted by Gasteiger charge is -2.19. The SMILES string of the molecule is CC(C#N)N(C)C(=O)CCCc1cccs1. The lowest BCUT2D eigenvalue weighted by molar-refractivity contribution is -0.130. The van der Waals surface area contributed by atoms with Crippen molar-refractivity contribution in [2.45, 2.75) is 32.2 Å². The number of nitrogens with zero attached hydrogens (tertiary/aromatic N) is 2. The molecule has 86 valence electrons. The Morgan fingerprint density at radius 2 is 2.44 bits per heavy atom. The van der Waals surface area contributed by atoms with Crippen molar-refractivity contribution in [3.63, 3.8) is 0 Å². The second kappa shape index (κ2) is 6.29. The molecule has 0 fully saturated rings. The lowest BCUT2D eigenvalue weighted by atomic mass is 10.2. The van der Waals surface area contributed by atoms with E-state index in [1.165, 1.54) is 9.78 Å². The summed E-state index contributed by atoms with van der Waals surface area (Å²) in [5, 5.41) is 10.7. The Morgan fingerprint density at radius 1 is 1.69 bits per heavy atom. The first-order valence-corrected chi connectivity index (χ1v) is 6.20. The standard InChI is InChI=1S/C12H16N2OS/c1-10(9-13)14(2)12(15)7-3-5-11-6-4-8-16-11/h4,6,8,10H,3,5,7H2,1-2H3. The van der Waals surface area contributed by atoms with E-state index in [4.69, 9.17) is 5.26 Å². The van der Waals surface area contributed by atoms with Gasteiger partial charge in [-0.25, -0.2) is 0 Å². The Bertz CT molecular complexity index is 367. The largest absolute Gasteiger partial charge is 0.330 e. The van der Waals surface area contributed by atoms with Crippen LogP contribution in [0, 0.1) is 11.3 Å². The van der Waals surface area contributed by atoms with Crippen LogP contribution >= 0.6 is 11.3 Å². The second-order valence-corrected chi connectivity index (χ2v) is 4.77. The van der Waals surface area contributed by atoms with Gasteiger partial charge in [0.05, 0.1) is 6.07 Å². The molecule has 0 spiro atoms. The van der Waals surface area contributed by atoms with Crippen LogP contribution in [0.3, 0.4) is 0 Å². The molecule has 0 aliphatic heterocycles. The summed E-state index contributed by atoms with van der Waals surface area (Å²) < 4.78 is 0. The van der Waals surface area contributed by atoms with Crippen molar-refractivity contribution < 1.29 is 4.79 Å². The van der Waals surface area contributed by atoms with Gasteiger partial charge in [0.1, 0.15) is 6.04 Å². The number of amides is 1. The average Bonchev–Trinajstić information content (AvgIpc) is 2.79. The zero-order valence-electron chi connectivity index (χ0n) is 9.64. The van der Waals surface area contributed by atoms with Gasteiger partial charge in [-0.3, -0.25) is 4.79 Å². The number of hydrogen-bond donors (Lipinski definition) is 0. The van der Waals surface area contributed by atoms with Gasteiger partial charge >= 0.3 is 0 Å². The highest BCUT2D eigenvalue weighted by atomic mass is 32.1. The van der Waals surface area contributed by atoms with Gasteiger partial charge in [0.25, 0.3) is 0 Å². The summed E-state index contributed by atoms with van der Waals surface area (Å²) in [4.78, 5) is 14.5. The molecule has 0 aliphatic carbocycles. The first-order valence-electron chi connectivity index (χ1n) is 5.33. The summed E-state index contributed by atoms with van der Waals surface area (Å²) in [6.45, 7) is 1.73. The minimum atomic E-state index is -0.339. The zero-order valence-corrected chi connectivity index (χ0v) is 10.5. The van der Waals surface area contributed by atoms with Gasteiger partial charge in [0.2, 0.25) is 5.91 Å². The third-order valence-corrected chi connectivity index (χ3v) is 3.49. The van der Waals surface area contributed by atoms with Crippen molar-refractivity contribution >= 4 is 17.2 Å². The van der Waals surface area contributed by atoms with Crippen LogP contribution in [-0.2, 0) is 11.2 Å². The molecule has 1 atom stereocenters. The van der Waals surface area contributed by atoms with Gasteiger partial charge < -0.3 is 4.90 Å². The third kappa shape index (κ3) is 3.67. The van der Waals surface area contributed by atoms with Gasteiger partial charge in [-0.05, 0) is 31.2 Å². The van der Waals surface area contributed by atoms with Crippen molar-refractivity contribution in [3.8, 4) is 6.07 Å². The number of rotatable bonds is 5. The molecule has 1 amide bonds. The van der Waals surface area contributed by atoms with Crippen LogP contribution in [0.2, 0.25) is 0 Å². The number of hydrogen-bond acceptors (Lipinski definition) is 3. The summed E-state index contributed by atoms with van der Waals surface area (Å²) in [7, 11) is 1.68. The van der Waals surface area contributed by atoms with Crippen LogP contribution in [0.5, 0.6) is 0 Å². The molecular formula is C12H16N2OS. The first kappa shape index (κ1) is 12.7. The van der Waals surface area contributed by atoms with E-state index < -0.39 is 0 Å². The fourth-order valence-electron chi connectivity index (χ4n) is 1.35. The molecule has 0 radical (unpaired) electrons. The molecule has 4 heteroatoms. The second-order valence-electron chi connectivity index (χ2n) is 3.74. The molecular weight excluding hydrogens is 220 g/mol. The van der Waals surface area contributed by atoms with E-state index in [-0.39, 0.29) is 11.9 Å². The maximum Gasteiger partial charge on any atom is 0.223 e. The fraction of sp³-hybridized carbons (Fsp3) is 0.500. The summed E-state index contributed by atoms with van der Waals surface area (Å²) >= 11 is 1.72. The minimum absolute atomic E-state index is 0.0469. The Kier molecular flexibility index (Phi) is 5.00. The maximum atomic E-state index is 11.7. The van der Waals surface area contributed by atoms with E-state index in [9.17, 15) is 4.79 Å². The number of carbonyl (C=O) groups is 1. The number of aryl methyl sites for hydroxylation is 1. The number of thiophene rings is 1. The highest BCUT2D eigenvalue weighted by Crippen LogP contribution is 2.12. The topological polar surface area (TPSA) is 44.1 Å². The highest BCUT2D eigenvalue weighted by molar-refractivity contribution is 7.09. The van der Waals surface area contributed by atoms with Gasteiger partial charge in [-0.2, -0.15) is 5.26 Å². The summed E-state index contributed by atoms with van der Waals surface area (Å²) in [6, 6.07) is 5.82. The van der Waals surface area contributed by atoms with E-state index >= 15 is 0 Å². The van der Waals surface area contributed by atoms with Gasteiger partial charge in [0.15, 0.2) is 0 Å². The molecule has 1 aromatic heterocycles. The van der Waals surface area contributed by atoms with Gasteiger partial charge in [0, 0.05) is 18.3 Å².